The maximum atomic E-state index is 11.1. The molecule has 0 bridgehead atoms. The van der Waals surface area contributed by atoms with Crippen molar-refractivity contribution in [2.75, 3.05) is 20.8 Å². The minimum Gasteiger partial charge on any atom is -0.375 e. The van der Waals surface area contributed by atoms with Crippen molar-refractivity contribution < 1.29 is 9.53 Å². The maximum Gasteiger partial charge on any atom is 0.248 e. The Morgan fingerprint density at radius 2 is 2.18 bits per heavy atom. The summed E-state index contributed by atoms with van der Waals surface area (Å²) < 4.78 is 4.73. The molecule has 0 aromatic rings. The van der Waals surface area contributed by atoms with E-state index in [0.29, 0.717) is 6.04 Å². The number of methoxy groups -OCH3 is 1. The summed E-state index contributed by atoms with van der Waals surface area (Å²) in [6, 6.07) is 0.303. The predicted octanol–water partition coefficient (Wildman–Crippen LogP) is 0.890. The van der Waals surface area contributed by atoms with E-state index in [4.69, 9.17) is 4.74 Å². The molecule has 0 fully saturated rings. The van der Waals surface area contributed by atoms with Gasteiger partial charge in [0.1, 0.15) is 6.61 Å². The van der Waals surface area contributed by atoms with Gasteiger partial charge in [0.15, 0.2) is 0 Å². The van der Waals surface area contributed by atoms with Gasteiger partial charge in [-0.25, -0.2) is 0 Å². The lowest BCUT2D eigenvalue weighted by molar-refractivity contribution is -0.135. The van der Waals surface area contributed by atoms with Gasteiger partial charge in [0.05, 0.1) is 0 Å². The van der Waals surface area contributed by atoms with Crippen molar-refractivity contribution in [2.45, 2.75) is 26.3 Å². The first-order chi connectivity index (χ1) is 5.13. The Labute approximate surface area is 68.3 Å². The fraction of sp³-hybridized carbons (Fsp3) is 0.875. The quantitative estimate of drug-likeness (QED) is 0.609. The molecular weight excluding hydrogens is 142 g/mol. The molecule has 11 heavy (non-hydrogen) atoms. The van der Waals surface area contributed by atoms with Gasteiger partial charge in [0, 0.05) is 20.2 Å². The molecule has 3 nitrogen and oxygen atoms in total. The summed E-state index contributed by atoms with van der Waals surface area (Å²) in [4.78, 5) is 12.9. The third-order valence-electron chi connectivity index (χ3n) is 1.91. The van der Waals surface area contributed by atoms with Crippen molar-refractivity contribution in [2.24, 2.45) is 0 Å². The highest BCUT2D eigenvalue weighted by atomic mass is 16.5. The Kier molecular flexibility index (Phi) is 4.86. The molecule has 1 atom stereocenters. The van der Waals surface area contributed by atoms with Crippen LogP contribution in [0.4, 0.5) is 0 Å². The van der Waals surface area contributed by atoms with Gasteiger partial charge in [0.25, 0.3) is 0 Å². The minimum absolute atomic E-state index is 0.0434. The second-order valence-corrected chi connectivity index (χ2v) is 2.69. The number of ether oxygens (including phenoxy) is 1. The van der Waals surface area contributed by atoms with E-state index in [1.807, 2.05) is 6.92 Å². The standard InChI is InChI=1S/C8H17NO2/c1-5-7(2)9(3)8(10)6-11-4/h7H,5-6H2,1-4H3/t7-/m0/s1. The fourth-order valence-electron chi connectivity index (χ4n) is 0.745. The molecule has 0 spiro atoms. The lowest BCUT2D eigenvalue weighted by atomic mass is 10.2. The summed E-state index contributed by atoms with van der Waals surface area (Å²) in [7, 11) is 3.33. The van der Waals surface area contributed by atoms with Crippen molar-refractivity contribution >= 4 is 5.91 Å². The third kappa shape index (κ3) is 3.37. The smallest absolute Gasteiger partial charge is 0.248 e. The van der Waals surface area contributed by atoms with Crippen LogP contribution in [0.15, 0.2) is 0 Å². The molecule has 0 aliphatic heterocycles. The first-order valence-corrected chi connectivity index (χ1v) is 3.88. The van der Waals surface area contributed by atoms with Crippen LogP contribution in [0.3, 0.4) is 0 Å². The zero-order valence-electron chi connectivity index (χ0n) is 7.76. The van der Waals surface area contributed by atoms with Gasteiger partial charge in [0.2, 0.25) is 5.91 Å². The van der Waals surface area contributed by atoms with Crippen LogP contribution in [-0.2, 0) is 9.53 Å². The van der Waals surface area contributed by atoms with E-state index in [1.165, 1.54) is 7.11 Å². The number of hydrogen-bond donors (Lipinski definition) is 0. The average molecular weight is 159 g/mol. The lowest BCUT2D eigenvalue weighted by Gasteiger charge is -2.23. The van der Waals surface area contributed by atoms with E-state index in [9.17, 15) is 4.79 Å². The molecular formula is C8H17NO2. The van der Waals surface area contributed by atoms with Crippen LogP contribution in [0.1, 0.15) is 20.3 Å². The Bertz CT molecular complexity index is 125. The molecule has 0 heterocycles. The third-order valence-corrected chi connectivity index (χ3v) is 1.91. The van der Waals surface area contributed by atoms with Crippen LogP contribution in [0.25, 0.3) is 0 Å². The van der Waals surface area contributed by atoms with E-state index in [0.717, 1.165) is 6.42 Å². The largest absolute Gasteiger partial charge is 0.375 e. The Hall–Kier alpha value is -0.570. The van der Waals surface area contributed by atoms with Crippen LogP contribution in [-0.4, -0.2) is 37.6 Å². The molecule has 0 aliphatic rings. The average Bonchev–Trinajstić information content (AvgIpc) is 2.02. The molecule has 0 saturated carbocycles. The molecule has 0 aromatic carbocycles. The van der Waals surface area contributed by atoms with Gasteiger partial charge in [-0.3, -0.25) is 4.79 Å². The summed E-state index contributed by atoms with van der Waals surface area (Å²) >= 11 is 0. The summed E-state index contributed by atoms with van der Waals surface area (Å²) in [6.07, 6.45) is 0.978. The van der Waals surface area contributed by atoms with Crippen molar-refractivity contribution in [1.29, 1.82) is 0 Å². The SMILES string of the molecule is CC[C@H](C)N(C)C(=O)COC. The second kappa shape index (κ2) is 5.13. The van der Waals surface area contributed by atoms with Crippen molar-refractivity contribution in [3.63, 3.8) is 0 Å². The predicted molar refractivity (Wildman–Crippen MR) is 44.4 cm³/mol. The number of hydrogen-bond acceptors (Lipinski definition) is 2. The molecule has 3 heteroatoms. The minimum atomic E-state index is 0.0434. The Morgan fingerprint density at radius 1 is 1.64 bits per heavy atom. The Balaban J connectivity index is 3.80. The zero-order chi connectivity index (χ0) is 8.85. The molecule has 0 rings (SSSR count). The van der Waals surface area contributed by atoms with E-state index in [1.54, 1.807) is 11.9 Å². The monoisotopic (exact) mass is 159 g/mol. The first-order valence-electron chi connectivity index (χ1n) is 3.88. The highest BCUT2D eigenvalue weighted by Crippen LogP contribution is 1.99. The van der Waals surface area contributed by atoms with Crippen LogP contribution in [0, 0.1) is 0 Å². The fourth-order valence-corrected chi connectivity index (χ4v) is 0.745. The van der Waals surface area contributed by atoms with Gasteiger partial charge in [-0.1, -0.05) is 6.92 Å². The molecule has 0 aromatic heterocycles. The van der Waals surface area contributed by atoms with Gasteiger partial charge in [-0.15, -0.1) is 0 Å². The summed E-state index contributed by atoms with van der Waals surface area (Å²) in [5, 5.41) is 0. The number of likely N-dealkylation sites (N-methyl/N-ethyl adjacent to an activating group) is 1. The lowest BCUT2D eigenvalue weighted by Crippen LogP contribution is -2.36. The van der Waals surface area contributed by atoms with Crippen molar-refractivity contribution in [3.05, 3.63) is 0 Å². The van der Waals surface area contributed by atoms with Crippen LogP contribution < -0.4 is 0 Å². The topological polar surface area (TPSA) is 29.5 Å². The molecule has 66 valence electrons. The summed E-state index contributed by atoms with van der Waals surface area (Å²) in [5.41, 5.74) is 0. The van der Waals surface area contributed by atoms with Gasteiger partial charge >= 0.3 is 0 Å². The first kappa shape index (κ1) is 10.4. The zero-order valence-corrected chi connectivity index (χ0v) is 7.76. The van der Waals surface area contributed by atoms with Crippen molar-refractivity contribution in [1.82, 2.24) is 4.90 Å². The second-order valence-electron chi connectivity index (χ2n) is 2.69. The molecule has 0 N–H and O–H groups in total. The van der Waals surface area contributed by atoms with Gasteiger partial charge in [-0.2, -0.15) is 0 Å². The maximum absolute atomic E-state index is 11.1. The van der Waals surface area contributed by atoms with Crippen LogP contribution >= 0.6 is 0 Å². The number of nitrogens with zero attached hydrogens (tertiary/aromatic N) is 1. The van der Waals surface area contributed by atoms with Gasteiger partial charge in [-0.05, 0) is 13.3 Å². The van der Waals surface area contributed by atoms with Crippen LogP contribution in [0.2, 0.25) is 0 Å². The summed E-state index contributed by atoms with van der Waals surface area (Å²) in [6.45, 7) is 4.26. The van der Waals surface area contributed by atoms with Crippen molar-refractivity contribution in [3.8, 4) is 0 Å². The van der Waals surface area contributed by atoms with E-state index < -0.39 is 0 Å². The molecule has 0 saturated heterocycles. The molecule has 0 radical (unpaired) electrons. The number of rotatable bonds is 4. The number of carbonyl (C=O) groups is 1. The summed E-state index contributed by atoms with van der Waals surface area (Å²) in [5.74, 6) is 0.0434. The van der Waals surface area contributed by atoms with E-state index in [-0.39, 0.29) is 12.5 Å². The molecule has 1 amide bonds. The number of carbonyl (C=O) groups excluding carboxylic acids is 1. The molecule has 0 aliphatic carbocycles. The highest BCUT2D eigenvalue weighted by molar-refractivity contribution is 5.77. The normalized spacial score (nSPS) is 12.7. The van der Waals surface area contributed by atoms with E-state index >= 15 is 0 Å². The highest BCUT2D eigenvalue weighted by Gasteiger charge is 2.12. The Morgan fingerprint density at radius 3 is 2.55 bits per heavy atom. The molecule has 0 unspecified atom stereocenters. The number of amides is 1. The van der Waals surface area contributed by atoms with E-state index in [2.05, 4.69) is 6.92 Å². The van der Waals surface area contributed by atoms with Gasteiger partial charge < -0.3 is 9.64 Å². The van der Waals surface area contributed by atoms with Crippen LogP contribution in [0.5, 0.6) is 0 Å².